The van der Waals surface area contributed by atoms with Crippen LogP contribution in [0.5, 0.6) is 0 Å². The van der Waals surface area contributed by atoms with Gasteiger partial charge in [-0.25, -0.2) is 9.18 Å². The number of rotatable bonds is 4. The number of esters is 1. The van der Waals surface area contributed by atoms with E-state index < -0.39 is 5.97 Å². The van der Waals surface area contributed by atoms with Crippen molar-refractivity contribution in [1.82, 2.24) is 9.55 Å². The zero-order valence-corrected chi connectivity index (χ0v) is 15.8. The molecule has 0 atom stereocenters. The minimum atomic E-state index is -0.488. The molecule has 142 valence electrons. The molecule has 0 aliphatic heterocycles. The lowest BCUT2D eigenvalue weighted by atomic mass is 9.95. The molecule has 2 heterocycles. The number of pyridine rings is 1. The predicted octanol–water partition coefficient (Wildman–Crippen LogP) is 3.68. The second-order valence-corrected chi connectivity index (χ2v) is 5.98. The maximum atomic E-state index is 13.5. The van der Waals surface area contributed by atoms with E-state index >= 15 is 0 Å². The SMILES string of the molecule is COCC#Cc1c(-c2ccc(F)cc2)c(-c2ccncc2)c(C(=O)OC)n1C. The highest BCUT2D eigenvalue weighted by Gasteiger charge is 2.27. The van der Waals surface area contributed by atoms with E-state index in [4.69, 9.17) is 9.47 Å². The molecule has 0 radical (unpaired) electrons. The molecule has 0 fully saturated rings. The van der Waals surface area contributed by atoms with Gasteiger partial charge >= 0.3 is 5.97 Å². The summed E-state index contributed by atoms with van der Waals surface area (Å²) in [6.07, 6.45) is 3.29. The summed E-state index contributed by atoms with van der Waals surface area (Å²) in [5.41, 5.74) is 3.86. The molecule has 28 heavy (non-hydrogen) atoms. The lowest BCUT2D eigenvalue weighted by Crippen LogP contribution is -2.10. The maximum absolute atomic E-state index is 13.5. The standard InChI is InChI=1S/C22H19FN2O3/c1-25-18(5-4-14-27-2)19(15-6-8-17(23)9-7-15)20(21(25)22(26)28-3)16-10-12-24-13-11-16/h6-13H,14H2,1-3H3. The van der Waals surface area contributed by atoms with E-state index in [1.165, 1.54) is 19.2 Å². The smallest absolute Gasteiger partial charge is 0.355 e. The van der Waals surface area contributed by atoms with Crippen molar-refractivity contribution in [2.24, 2.45) is 7.05 Å². The number of nitrogens with zero attached hydrogens (tertiary/aromatic N) is 2. The van der Waals surface area contributed by atoms with Gasteiger partial charge < -0.3 is 14.0 Å². The van der Waals surface area contributed by atoms with Crippen LogP contribution in [0, 0.1) is 17.7 Å². The molecular weight excluding hydrogens is 359 g/mol. The monoisotopic (exact) mass is 378 g/mol. The topological polar surface area (TPSA) is 53.4 Å². The van der Waals surface area contributed by atoms with Gasteiger partial charge in [-0.3, -0.25) is 4.98 Å². The Labute approximate surface area is 162 Å². The van der Waals surface area contributed by atoms with Gasteiger partial charge in [0.1, 0.15) is 23.8 Å². The highest BCUT2D eigenvalue weighted by Crippen LogP contribution is 2.39. The second-order valence-electron chi connectivity index (χ2n) is 5.98. The lowest BCUT2D eigenvalue weighted by molar-refractivity contribution is 0.0591. The third kappa shape index (κ3) is 3.66. The van der Waals surface area contributed by atoms with Crippen LogP contribution in [0.4, 0.5) is 4.39 Å². The zero-order chi connectivity index (χ0) is 20.1. The second kappa shape index (κ2) is 8.51. The average molecular weight is 378 g/mol. The zero-order valence-electron chi connectivity index (χ0n) is 15.8. The maximum Gasteiger partial charge on any atom is 0.355 e. The van der Waals surface area contributed by atoms with Crippen molar-refractivity contribution in [3.63, 3.8) is 0 Å². The fourth-order valence-corrected chi connectivity index (χ4v) is 3.06. The number of methoxy groups -OCH3 is 2. The summed E-state index contributed by atoms with van der Waals surface area (Å²) < 4.78 is 25.3. The van der Waals surface area contributed by atoms with Crippen LogP contribution in [0.25, 0.3) is 22.3 Å². The van der Waals surface area contributed by atoms with Crippen LogP contribution >= 0.6 is 0 Å². The molecule has 0 N–H and O–H groups in total. The van der Waals surface area contributed by atoms with E-state index in [9.17, 15) is 9.18 Å². The van der Waals surface area contributed by atoms with Crippen LogP contribution in [0.2, 0.25) is 0 Å². The van der Waals surface area contributed by atoms with Crippen LogP contribution < -0.4 is 0 Å². The lowest BCUT2D eigenvalue weighted by Gasteiger charge is -2.08. The van der Waals surface area contributed by atoms with Gasteiger partial charge in [0.05, 0.1) is 7.11 Å². The molecule has 0 bridgehead atoms. The highest BCUT2D eigenvalue weighted by atomic mass is 19.1. The van der Waals surface area contributed by atoms with Gasteiger partial charge in [-0.15, -0.1) is 0 Å². The molecule has 1 aromatic carbocycles. The van der Waals surface area contributed by atoms with Crippen molar-refractivity contribution in [1.29, 1.82) is 0 Å². The van der Waals surface area contributed by atoms with Crippen molar-refractivity contribution in [3.05, 3.63) is 66.0 Å². The third-order valence-corrected chi connectivity index (χ3v) is 4.30. The number of carbonyl (C=O) groups excluding carboxylic acids is 1. The highest BCUT2D eigenvalue weighted by molar-refractivity contribution is 6.03. The molecule has 0 spiro atoms. The molecule has 6 heteroatoms. The molecule has 0 saturated heterocycles. The molecule has 0 amide bonds. The quantitative estimate of drug-likeness (QED) is 0.513. The molecule has 0 unspecified atom stereocenters. The van der Waals surface area contributed by atoms with Crippen LogP contribution in [-0.2, 0) is 16.5 Å². The van der Waals surface area contributed by atoms with E-state index in [1.54, 1.807) is 55.4 Å². The van der Waals surface area contributed by atoms with Crippen LogP contribution in [0.15, 0.2) is 48.8 Å². The minimum Gasteiger partial charge on any atom is -0.464 e. The van der Waals surface area contributed by atoms with Crippen molar-refractivity contribution in [2.75, 3.05) is 20.8 Å². The van der Waals surface area contributed by atoms with Crippen LogP contribution in [0.3, 0.4) is 0 Å². The minimum absolute atomic E-state index is 0.242. The summed E-state index contributed by atoms with van der Waals surface area (Å²) in [6, 6.07) is 9.70. The molecule has 3 rings (SSSR count). The van der Waals surface area contributed by atoms with Crippen LogP contribution in [-0.4, -0.2) is 36.3 Å². The van der Waals surface area contributed by atoms with Gasteiger partial charge in [-0.2, -0.15) is 0 Å². The number of hydrogen-bond donors (Lipinski definition) is 0. The summed E-state index contributed by atoms with van der Waals surface area (Å²) in [5.74, 6) is 5.18. The van der Waals surface area contributed by atoms with E-state index in [1.807, 2.05) is 0 Å². The van der Waals surface area contributed by atoms with Gasteiger partial charge in [0, 0.05) is 37.7 Å². The third-order valence-electron chi connectivity index (χ3n) is 4.30. The van der Waals surface area contributed by atoms with Gasteiger partial charge in [0.15, 0.2) is 0 Å². The first-order chi connectivity index (χ1) is 13.6. The number of aromatic nitrogens is 2. The largest absolute Gasteiger partial charge is 0.464 e. The summed E-state index contributed by atoms with van der Waals surface area (Å²) >= 11 is 0. The summed E-state index contributed by atoms with van der Waals surface area (Å²) in [4.78, 5) is 16.7. The first-order valence-electron chi connectivity index (χ1n) is 8.53. The Morgan fingerprint density at radius 3 is 2.32 bits per heavy atom. The van der Waals surface area contributed by atoms with Gasteiger partial charge in [0.25, 0.3) is 0 Å². The van der Waals surface area contributed by atoms with E-state index in [-0.39, 0.29) is 12.4 Å². The Balaban J connectivity index is 2.40. The Morgan fingerprint density at radius 1 is 1.07 bits per heavy atom. The Morgan fingerprint density at radius 2 is 1.71 bits per heavy atom. The molecule has 0 aliphatic carbocycles. The van der Waals surface area contributed by atoms with E-state index in [2.05, 4.69) is 16.8 Å². The predicted molar refractivity (Wildman–Crippen MR) is 104 cm³/mol. The first-order valence-corrected chi connectivity index (χ1v) is 8.53. The summed E-state index contributed by atoms with van der Waals surface area (Å²) in [6.45, 7) is 0.242. The normalized spacial score (nSPS) is 10.3. The molecule has 0 saturated carbocycles. The van der Waals surface area contributed by atoms with Crippen molar-refractivity contribution < 1.29 is 18.7 Å². The Hall–Kier alpha value is -3.43. The molecule has 0 aliphatic rings. The van der Waals surface area contributed by atoms with Gasteiger partial charge in [-0.1, -0.05) is 18.1 Å². The Kier molecular flexibility index (Phi) is 5.87. The van der Waals surface area contributed by atoms with E-state index in [0.29, 0.717) is 17.0 Å². The first kappa shape index (κ1) is 19.3. The molecule has 5 nitrogen and oxygen atoms in total. The fraction of sp³-hybridized carbons (Fsp3) is 0.182. The number of carbonyl (C=O) groups is 1. The number of halogens is 1. The summed E-state index contributed by atoms with van der Waals surface area (Å²) in [7, 11) is 4.64. The van der Waals surface area contributed by atoms with Crippen molar-refractivity contribution in [2.45, 2.75) is 0 Å². The fourth-order valence-electron chi connectivity index (χ4n) is 3.06. The number of ether oxygens (including phenoxy) is 2. The Bertz CT molecular complexity index is 1050. The van der Waals surface area contributed by atoms with Gasteiger partial charge in [0.2, 0.25) is 0 Å². The molecular formula is C22H19FN2O3. The van der Waals surface area contributed by atoms with Crippen molar-refractivity contribution in [3.8, 4) is 34.1 Å². The summed E-state index contributed by atoms with van der Waals surface area (Å²) in [5, 5.41) is 0. The van der Waals surface area contributed by atoms with Crippen molar-refractivity contribution >= 4 is 5.97 Å². The van der Waals surface area contributed by atoms with Crippen LogP contribution in [0.1, 0.15) is 16.2 Å². The van der Waals surface area contributed by atoms with Gasteiger partial charge in [-0.05, 0) is 41.3 Å². The van der Waals surface area contributed by atoms with E-state index in [0.717, 1.165) is 16.7 Å². The molecule has 3 aromatic rings. The average Bonchev–Trinajstić information content (AvgIpc) is 3.01. The number of benzene rings is 1. The molecule has 2 aromatic heterocycles. The number of hydrogen-bond acceptors (Lipinski definition) is 4.